The molecule has 0 unspecified atom stereocenters. The molecule has 2 heterocycles. The Morgan fingerprint density at radius 3 is 2.20 bits per heavy atom. The van der Waals surface area contributed by atoms with Gasteiger partial charge in [-0.25, -0.2) is 4.39 Å². The molecule has 0 bridgehead atoms. The van der Waals surface area contributed by atoms with E-state index < -0.39 is 0 Å². The predicted molar refractivity (Wildman–Crippen MR) is 110 cm³/mol. The Labute approximate surface area is 174 Å². The highest BCUT2D eigenvalue weighted by Crippen LogP contribution is 2.30. The van der Waals surface area contributed by atoms with E-state index in [1.807, 2.05) is 30.3 Å². The lowest BCUT2D eigenvalue weighted by Gasteiger charge is -2.35. The summed E-state index contributed by atoms with van der Waals surface area (Å²) in [7, 11) is 0. The first kappa shape index (κ1) is 19.9. The van der Waals surface area contributed by atoms with Gasteiger partial charge in [-0.3, -0.25) is 9.59 Å². The largest absolute Gasteiger partial charge is 0.459 e. The van der Waals surface area contributed by atoms with Gasteiger partial charge in [0.1, 0.15) is 5.82 Å². The van der Waals surface area contributed by atoms with Crippen LogP contribution >= 0.6 is 0 Å². The van der Waals surface area contributed by atoms with Crippen molar-refractivity contribution in [3.63, 3.8) is 0 Å². The molecule has 4 rings (SSSR count). The van der Waals surface area contributed by atoms with Gasteiger partial charge in [0.05, 0.1) is 6.26 Å². The van der Waals surface area contributed by atoms with Crippen molar-refractivity contribution < 1.29 is 18.4 Å². The van der Waals surface area contributed by atoms with Gasteiger partial charge in [0.2, 0.25) is 5.91 Å². The Bertz CT molecular complexity index is 996. The third kappa shape index (κ3) is 4.27. The standard InChI is InChI=1S/C24H23FN2O3/c25-21-10-5-4-9-19(21)20(18-7-2-1-3-8-18)17-23(28)26-12-14-27(15-13-26)24(29)22-11-6-16-30-22/h1-11,16,20H,12-15,17H2/t20-/m0/s1. The van der Waals surface area contributed by atoms with Crippen molar-refractivity contribution in [3.05, 3.63) is 95.7 Å². The Morgan fingerprint density at radius 2 is 1.53 bits per heavy atom. The Balaban J connectivity index is 1.45. The third-order valence-corrected chi connectivity index (χ3v) is 5.51. The molecule has 0 N–H and O–H groups in total. The summed E-state index contributed by atoms with van der Waals surface area (Å²) in [6.07, 6.45) is 1.65. The zero-order valence-electron chi connectivity index (χ0n) is 16.5. The number of amides is 2. The summed E-state index contributed by atoms with van der Waals surface area (Å²) < 4.78 is 19.7. The van der Waals surface area contributed by atoms with Crippen LogP contribution in [0, 0.1) is 5.82 Å². The van der Waals surface area contributed by atoms with Gasteiger partial charge in [0.15, 0.2) is 5.76 Å². The van der Waals surface area contributed by atoms with E-state index in [1.54, 1.807) is 40.1 Å². The van der Waals surface area contributed by atoms with Crippen LogP contribution in [0.15, 0.2) is 77.4 Å². The second-order valence-electron chi connectivity index (χ2n) is 7.34. The minimum absolute atomic E-state index is 0.0443. The fourth-order valence-electron chi connectivity index (χ4n) is 3.87. The number of carbonyl (C=O) groups excluding carboxylic acids is 2. The van der Waals surface area contributed by atoms with Crippen molar-refractivity contribution in [2.24, 2.45) is 0 Å². The fourth-order valence-corrected chi connectivity index (χ4v) is 3.87. The summed E-state index contributed by atoms with van der Waals surface area (Å²) in [5.74, 6) is -0.577. The zero-order valence-corrected chi connectivity index (χ0v) is 16.5. The summed E-state index contributed by atoms with van der Waals surface area (Å²) in [6.45, 7) is 1.79. The number of nitrogens with zero attached hydrogens (tertiary/aromatic N) is 2. The van der Waals surface area contributed by atoms with Crippen molar-refractivity contribution in [1.82, 2.24) is 9.80 Å². The lowest BCUT2D eigenvalue weighted by molar-refractivity contribution is -0.132. The Morgan fingerprint density at radius 1 is 0.867 bits per heavy atom. The van der Waals surface area contributed by atoms with Crippen LogP contribution in [0.4, 0.5) is 4.39 Å². The number of rotatable bonds is 5. The molecular formula is C24H23FN2O3. The summed E-state index contributed by atoms with van der Waals surface area (Å²) in [4.78, 5) is 28.9. The molecule has 1 saturated heterocycles. The van der Waals surface area contributed by atoms with Crippen molar-refractivity contribution in [2.45, 2.75) is 12.3 Å². The molecule has 6 heteroatoms. The summed E-state index contributed by atoms with van der Waals surface area (Å²) in [5, 5.41) is 0. The highest BCUT2D eigenvalue weighted by Gasteiger charge is 2.28. The minimum Gasteiger partial charge on any atom is -0.459 e. The molecule has 0 aliphatic carbocycles. The van der Waals surface area contributed by atoms with Crippen molar-refractivity contribution in [1.29, 1.82) is 0 Å². The first-order chi connectivity index (χ1) is 14.6. The normalized spacial score (nSPS) is 15.1. The highest BCUT2D eigenvalue weighted by atomic mass is 19.1. The number of hydrogen-bond donors (Lipinski definition) is 0. The molecule has 1 aromatic heterocycles. The molecule has 1 fully saturated rings. The molecule has 2 aromatic carbocycles. The molecule has 2 amide bonds. The number of furan rings is 1. The molecule has 3 aromatic rings. The average Bonchev–Trinajstić information content (AvgIpc) is 3.33. The second kappa shape index (κ2) is 8.95. The van der Waals surface area contributed by atoms with Crippen LogP contribution in [0.5, 0.6) is 0 Å². The van der Waals surface area contributed by atoms with Crippen LogP contribution in [0.3, 0.4) is 0 Å². The monoisotopic (exact) mass is 406 g/mol. The highest BCUT2D eigenvalue weighted by molar-refractivity contribution is 5.91. The van der Waals surface area contributed by atoms with Crippen molar-refractivity contribution in [3.8, 4) is 0 Å². The van der Waals surface area contributed by atoms with Gasteiger partial charge in [-0.15, -0.1) is 0 Å². The molecule has 5 nitrogen and oxygen atoms in total. The van der Waals surface area contributed by atoms with Crippen LogP contribution in [-0.2, 0) is 4.79 Å². The smallest absolute Gasteiger partial charge is 0.289 e. The first-order valence-corrected chi connectivity index (χ1v) is 10.0. The van der Waals surface area contributed by atoms with Crippen LogP contribution in [0.2, 0.25) is 0 Å². The number of halogens is 1. The van der Waals surface area contributed by atoms with Crippen LogP contribution in [-0.4, -0.2) is 47.8 Å². The first-order valence-electron chi connectivity index (χ1n) is 10.0. The quantitative estimate of drug-likeness (QED) is 0.645. The summed E-state index contributed by atoms with van der Waals surface area (Å²) in [5.41, 5.74) is 1.42. The average molecular weight is 406 g/mol. The Kier molecular flexibility index (Phi) is 5.93. The molecule has 30 heavy (non-hydrogen) atoms. The topological polar surface area (TPSA) is 53.8 Å². The molecule has 1 aliphatic rings. The van der Waals surface area contributed by atoms with Crippen LogP contribution in [0.1, 0.15) is 34.0 Å². The minimum atomic E-state index is -0.359. The van der Waals surface area contributed by atoms with Crippen molar-refractivity contribution in [2.75, 3.05) is 26.2 Å². The van der Waals surface area contributed by atoms with E-state index >= 15 is 0 Å². The maximum absolute atomic E-state index is 14.5. The molecule has 0 saturated carbocycles. The molecule has 0 radical (unpaired) electrons. The lowest BCUT2D eigenvalue weighted by Crippen LogP contribution is -2.50. The molecular weight excluding hydrogens is 383 g/mol. The number of piperazine rings is 1. The molecule has 154 valence electrons. The van der Waals surface area contributed by atoms with Gasteiger partial charge in [-0.05, 0) is 29.3 Å². The van der Waals surface area contributed by atoms with Gasteiger partial charge in [-0.1, -0.05) is 48.5 Å². The van der Waals surface area contributed by atoms with Crippen LogP contribution in [0.25, 0.3) is 0 Å². The fraction of sp³-hybridized carbons (Fsp3) is 0.250. The summed E-state index contributed by atoms with van der Waals surface area (Å²) in [6, 6.07) is 19.5. The van der Waals surface area contributed by atoms with Gasteiger partial charge in [0.25, 0.3) is 5.91 Å². The van der Waals surface area contributed by atoms with Crippen LogP contribution < -0.4 is 0 Å². The van der Waals surface area contributed by atoms with Crippen molar-refractivity contribution >= 4 is 11.8 Å². The maximum Gasteiger partial charge on any atom is 0.289 e. The summed E-state index contributed by atoms with van der Waals surface area (Å²) >= 11 is 0. The SMILES string of the molecule is O=C(C[C@@H](c1ccccc1)c1ccccc1F)N1CCN(C(=O)c2ccco2)CC1. The van der Waals surface area contributed by atoms with E-state index in [0.29, 0.717) is 37.5 Å². The van der Waals surface area contributed by atoms with E-state index in [2.05, 4.69) is 0 Å². The lowest BCUT2D eigenvalue weighted by atomic mass is 9.87. The van der Waals surface area contributed by atoms with Gasteiger partial charge >= 0.3 is 0 Å². The van der Waals surface area contributed by atoms with Gasteiger partial charge in [0, 0.05) is 38.5 Å². The molecule has 1 aliphatic heterocycles. The zero-order chi connectivity index (χ0) is 20.9. The number of benzene rings is 2. The molecule has 1 atom stereocenters. The van der Waals surface area contributed by atoms with E-state index in [9.17, 15) is 14.0 Å². The predicted octanol–water partition coefficient (Wildman–Crippen LogP) is 3.93. The van der Waals surface area contributed by atoms with E-state index in [4.69, 9.17) is 4.42 Å². The Hall–Kier alpha value is -3.41. The molecule has 0 spiro atoms. The van der Waals surface area contributed by atoms with Gasteiger partial charge < -0.3 is 14.2 Å². The van der Waals surface area contributed by atoms with E-state index in [-0.39, 0.29) is 30.0 Å². The van der Waals surface area contributed by atoms with E-state index in [1.165, 1.54) is 12.3 Å². The number of hydrogen-bond acceptors (Lipinski definition) is 3. The second-order valence-corrected chi connectivity index (χ2v) is 7.34. The third-order valence-electron chi connectivity index (χ3n) is 5.51. The number of carbonyl (C=O) groups is 2. The maximum atomic E-state index is 14.5. The van der Waals surface area contributed by atoms with Gasteiger partial charge in [-0.2, -0.15) is 0 Å². The van der Waals surface area contributed by atoms with E-state index in [0.717, 1.165) is 5.56 Å².